The fraction of sp³-hybridized carbons (Fsp3) is 0.350. The predicted molar refractivity (Wildman–Crippen MR) is 115 cm³/mol. The molecule has 2 N–H and O–H groups in total. The Morgan fingerprint density at radius 1 is 1.07 bits per heavy atom. The van der Waals surface area contributed by atoms with E-state index >= 15 is 0 Å². The first-order valence-corrected chi connectivity index (χ1v) is 12.8. The first-order valence-electron chi connectivity index (χ1n) is 9.50. The summed E-state index contributed by atoms with van der Waals surface area (Å²) in [6, 6.07) is 12.4. The number of hydrogen-bond acceptors (Lipinski definition) is 5. The van der Waals surface area contributed by atoms with Crippen molar-refractivity contribution in [3.8, 4) is 0 Å². The van der Waals surface area contributed by atoms with Crippen molar-refractivity contribution in [1.29, 1.82) is 0 Å². The number of anilines is 1. The Balaban J connectivity index is 1.72. The molecular formula is C20H25N3O5S2. The quantitative estimate of drug-likeness (QED) is 0.697. The first kappa shape index (κ1) is 22.3. The van der Waals surface area contributed by atoms with Crippen LogP contribution in [0.1, 0.15) is 28.8 Å². The van der Waals surface area contributed by atoms with E-state index in [1.165, 1.54) is 28.6 Å². The molecule has 1 unspecified atom stereocenters. The third-order valence-electron chi connectivity index (χ3n) is 4.90. The van der Waals surface area contributed by atoms with Gasteiger partial charge in [0, 0.05) is 30.4 Å². The van der Waals surface area contributed by atoms with Gasteiger partial charge in [0.05, 0.1) is 11.2 Å². The average Bonchev–Trinajstić information content (AvgIpc) is 2.69. The molecule has 3 rings (SSSR count). The first-order chi connectivity index (χ1) is 14.0. The summed E-state index contributed by atoms with van der Waals surface area (Å²) >= 11 is 0. The summed E-state index contributed by atoms with van der Waals surface area (Å²) in [7, 11) is -7.18. The summed E-state index contributed by atoms with van der Waals surface area (Å²) in [6.07, 6.45) is 2.45. The van der Waals surface area contributed by atoms with E-state index in [1.54, 1.807) is 24.3 Å². The van der Waals surface area contributed by atoms with Crippen LogP contribution in [0.3, 0.4) is 0 Å². The van der Waals surface area contributed by atoms with Crippen molar-refractivity contribution in [2.45, 2.75) is 30.7 Å². The highest BCUT2D eigenvalue weighted by atomic mass is 32.2. The lowest BCUT2D eigenvalue weighted by Crippen LogP contribution is -2.49. The third-order valence-corrected chi connectivity index (χ3v) is 7.55. The fourth-order valence-electron chi connectivity index (χ4n) is 3.27. The highest BCUT2D eigenvalue weighted by Crippen LogP contribution is 2.19. The number of benzene rings is 2. The molecule has 162 valence electrons. The maximum Gasteiger partial charge on any atom is 0.261 e. The van der Waals surface area contributed by atoms with Crippen LogP contribution >= 0.6 is 0 Å². The van der Waals surface area contributed by atoms with Gasteiger partial charge < -0.3 is 5.32 Å². The Morgan fingerprint density at radius 3 is 2.43 bits per heavy atom. The summed E-state index contributed by atoms with van der Waals surface area (Å²) in [5, 5.41) is 2.81. The number of carbonyl (C=O) groups excluding carboxylic acids is 1. The van der Waals surface area contributed by atoms with Crippen LogP contribution < -0.4 is 10.0 Å². The molecule has 2 aromatic carbocycles. The van der Waals surface area contributed by atoms with E-state index in [0.29, 0.717) is 25.1 Å². The van der Waals surface area contributed by atoms with Gasteiger partial charge in [-0.1, -0.05) is 23.8 Å². The van der Waals surface area contributed by atoms with Crippen LogP contribution in [0.2, 0.25) is 0 Å². The van der Waals surface area contributed by atoms with Crippen molar-refractivity contribution in [2.75, 3.05) is 24.1 Å². The van der Waals surface area contributed by atoms with Gasteiger partial charge in [-0.25, -0.2) is 21.1 Å². The number of piperidine rings is 1. The van der Waals surface area contributed by atoms with E-state index in [0.717, 1.165) is 11.8 Å². The summed E-state index contributed by atoms with van der Waals surface area (Å²) in [5.74, 6) is -0.442. The van der Waals surface area contributed by atoms with Gasteiger partial charge in [0.15, 0.2) is 0 Å². The van der Waals surface area contributed by atoms with Gasteiger partial charge in [-0.05, 0) is 50.1 Å². The van der Waals surface area contributed by atoms with Crippen molar-refractivity contribution in [3.63, 3.8) is 0 Å². The molecule has 0 spiro atoms. The summed E-state index contributed by atoms with van der Waals surface area (Å²) < 4.78 is 52.7. The van der Waals surface area contributed by atoms with Crippen molar-refractivity contribution >= 4 is 31.6 Å². The van der Waals surface area contributed by atoms with E-state index < -0.39 is 26.0 Å². The lowest BCUT2D eigenvalue weighted by molar-refractivity contribution is 0.0921. The third kappa shape index (κ3) is 5.59. The van der Waals surface area contributed by atoms with Crippen LogP contribution in [0.25, 0.3) is 0 Å². The highest BCUT2D eigenvalue weighted by Gasteiger charge is 2.27. The molecular weight excluding hydrogens is 426 g/mol. The zero-order chi connectivity index (χ0) is 21.9. The Morgan fingerprint density at radius 2 is 1.77 bits per heavy atom. The zero-order valence-electron chi connectivity index (χ0n) is 16.8. The number of aryl methyl sites for hydroxylation is 1. The SMILES string of the molecule is Cc1ccc(NS(=O)(=O)c2cccc(C(=O)NC3CCCN(S(C)(=O)=O)C3)c2)cc1. The Labute approximate surface area is 177 Å². The second-order valence-electron chi connectivity index (χ2n) is 7.43. The molecule has 8 nitrogen and oxygen atoms in total. The van der Waals surface area contributed by atoms with Crippen LogP contribution in [-0.2, 0) is 20.0 Å². The summed E-state index contributed by atoms with van der Waals surface area (Å²) in [4.78, 5) is 12.6. The van der Waals surface area contributed by atoms with Crippen LogP contribution in [-0.4, -0.2) is 52.4 Å². The van der Waals surface area contributed by atoms with Crippen molar-refractivity contribution < 1.29 is 21.6 Å². The molecule has 1 heterocycles. The van der Waals surface area contributed by atoms with Crippen molar-refractivity contribution in [2.24, 2.45) is 0 Å². The van der Waals surface area contributed by atoms with Gasteiger partial charge in [-0.2, -0.15) is 0 Å². The summed E-state index contributed by atoms with van der Waals surface area (Å²) in [5.41, 5.74) is 1.63. The van der Waals surface area contributed by atoms with E-state index in [-0.39, 0.29) is 23.0 Å². The number of rotatable bonds is 6. The second-order valence-corrected chi connectivity index (χ2v) is 11.1. The lowest BCUT2D eigenvalue weighted by atomic mass is 10.1. The fourth-order valence-corrected chi connectivity index (χ4v) is 5.29. The maximum absolute atomic E-state index is 12.7. The van der Waals surface area contributed by atoms with Gasteiger partial charge in [0.1, 0.15) is 0 Å². The molecule has 30 heavy (non-hydrogen) atoms. The molecule has 1 amide bonds. The highest BCUT2D eigenvalue weighted by molar-refractivity contribution is 7.92. The number of nitrogens with one attached hydrogen (secondary N) is 2. The van der Waals surface area contributed by atoms with Crippen LogP contribution in [0, 0.1) is 6.92 Å². The van der Waals surface area contributed by atoms with E-state index in [9.17, 15) is 21.6 Å². The van der Waals surface area contributed by atoms with Crippen molar-refractivity contribution in [3.05, 3.63) is 59.7 Å². The van der Waals surface area contributed by atoms with Crippen LogP contribution in [0.4, 0.5) is 5.69 Å². The van der Waals surface area contributed by atoms with Gasteiger partial charge in [0.25, 0.3) is 15.9 Å². The molecule has 0 radical (unpaired) electrons. The predicted octanol–water partition coefficient (Wildman–Crippen LogP) is 1.95. The monoisotopic (exact) mass is 451 g/mol. The molecule has 1 aliphatic rings. The smallest absolute Gasteiger partial charge is 0.261 e. The largest absolute Gasteiger partial charge is 0.348 e. The van der Waals surface area contributed by atoms with E-state index in [1.807, 2.05) is 6.92 Å². The Bertz CT molecular complexity index is 1130. The molecule has 2 aromatic rings. The molecule has 10 heteroatoms. The van der Waals surface area contributed by atoms with Gasteiger partial charge in [-0.15, -0.1) is 0 Å². The average molecular weight is 452 g/mol. The van der Waals surface area contributed by atoms with Crippen LogP contribution in [0.15, 0.2) is 53.4 Å². The van der Waals surface area contributed by atoms with Crippen LogP contribution in [0.5, 0.6) is 0 Å². The number of carbonyl (C=O) groups is 1. The Hall–Kier alpha value is -2.43. The molecule has 1 atom stereocenters. The minimum atomic E-state index is -3.86. The van der Waals surface area contributed by atoms with E-state index in [4.69, 9.17) is 0 Å². The van der Waals surface area contributed by atoms with Crippen molar-refractivity contribution in [1.82, 2.24) is 9.62 Å². The minimum Gasteiger partial charge on any atom is -0.348 e. The molecule has 0 aliphatic carbocycles. The molecule has 1 fully saturated rings. The Kier molecular flexibility index (Phi) is 6.49. The van der Waals surface area contributed by atoms with Gasteiger partial charge in [-0.3, -0.25) is 9.52 Å². The molecule has 1 saturated heterocycles. The maximum atomic E-state index is 12.7. The molecule has 0 saturated carbocycles. The molecule has 0 bridgehead atoms. The number of hydrogen-bond donors (Lipinski definition) is 2. The molecule has 1 aliphatic heterocycles. The summed E-state index contributed by atoms with van der Waals surface area (Å²) in [6.45, 7) is 2.54. The zero-order valence-corrected chi connectivity index (χ0v) is 18.5. The van der Waals surface area contributed by atoms with E-state index in [2.05, 4.69) is 10.0 Å². The van der Waals surface area contributed by atoms with Gasteiger partial charge >= 0.3 is 0 Å². The van der Waals surface area contributed by atoms with Gasteiger partial charge in [0.2, 0.25) is 10.0 Å². The second kappa shape index (κ2) is 8.75. The topological polar surface area (TPSA) is 113 Å². The lowest BCUT2D eigenvalue weighted by Gasteiger charge is -2.31. The standard InChI is InChI=1S/C20H25N3O5S2/c1-15-8-10-17(11-9-15)22-30(27,28)19-7-3-5-16(13-19)20(24)21-18-6-4-12-23(14-18)29(2,25)26/h3,5,7-11,13,18,22H,4,6,12,14H2,1-2H3,(H,21,24). The number of nitrogens with zero attached hydrogens (tertiary/aromatic N) is 1. The normalized spacial score (nSPS) is 18.0. The number of amides is 1. The minimum absolute atomic E-state index is 0.0304. The molecule has 0 aromatic heterocycles. The number of sulfonamides is 2.